The highest BCUT2D eigenvalue weighted by Crippen LogP contribution is 2.60. The van der Waals surface area contributed by atoms with Crippen LogP contribution in [0.25, 0.3) is 0 Å². The first-order valence-corrected chi connectivity index (χ1v) is 17.9. The molecule has 1 aromatic rings. The monoisotopic (exact) mass is 476 g/mol. The molecule has 31 heavy (non-hydrogen) atoms. The Morgan fingerprint density at radius 2 is 0.677 bits per heavy atom. The van der Waals surface area contributed by atoms with Gasteiger partial charge < -0.3 is 0 Å². The fraction of sp³-hybridized carbons (Fsp3) is 0.857. The van der Waals surface area contributed by atoms with Gasteiger partial charge in [-0.15, -0.1) is 0 Å². The fourth-order valence-electron chi connectivity index (χ4n) is 7.49. The van der Waals surface area contributed by atoms with Crippen LogP contribution in [0.15, 0.2) is 10.8 Å². The topological polar surface area (TPSA) is 0 Å². The van der Waals surface area contributed by atoms with Crippen molar-refractivity contribution in [3.05, 3.63) is 10.8 Å². The van der Waals surface area contributed by atoms with Gasteiger partial charge in [0.25, 0.3) is 0 Å². The summed E-state index contributed by atoms with van der Waals surface area (Å²) in [6.07, 6.45) is 30.7. The van der Waals surface area contributed by atoms with Crippen LogP contribution < -0.4 is 10.6 Å². The van der Waals surface area contributed by atoms with E-state index in [9.17, 15) is 0 Å². The van der Waals surface area contributed by atoms with Crippen molar-refractivity contribution in [3.63, 3.8) is 0 Å². The van der Waals surface area contributed by atoms with Crippen molar-refractivity contribution < 1.29 is 0 Å². The molecule has 1 heterocycles. The second-order valence-electron chi connectivity index (χ2n) is 11.1. The average molecular weight is 477 g/mol. The minimum atomic E-state index is 0.0762. The van der Waals surface area contributed by atoms with Crippen molar-refractivity contribution >= 4 is 37.8 Å². The molecule has 0 spiro atoms. The van der Waals surface area contributed by atoms with Gasteiger partial charge in [0.15, 0.2) is 0 Å². The van der Waals surface area contributed by atoms with E-state index in [0.717, 1.165) is 22.6 Å². The lowest BCUT2D eigenvalue weighted by molar-refractivity contribution is 0.486. The Hall–Kier alpha value is 0.560. The SMILES string of the molecule is c1scc(P(C2CCCCC2)C2CCCCC2)c1P(C1CCCCC1)C1CCCCC1. The predicted octanol–water partition coefficient (Wildman–Crippen LogP) is 9.29. The molecule has 0 amide bonds. The van der Waals surface area contributed by atoms with E-state index in [1.54, 1.807) is 51.4 Å². The van der Waals surface area contributed by atoms with Crippen molar-refractivity contribution in [1.82, 2.24) is 0 Å². The summed E-state index contributed by atoms with van der Waals surface area (Å²) in [5, 5.41) is 9.43. The van der Waals surface area contributed by atoms with Crippen LogP contribution in [0.1, 0.15) is 128 Å². The second kappa shape index (κ2) is 11.8. The summed E-state index contributed by atoms with van der Waals surface area (Å²) >= 11 is 2.11. The van der Waals surface area contributed by atoms with Crippen LogP contribution in [-0.4, -0.2) is 22.6 Å². The lowest BCUT2D eigenvalue weighted by atomic mass is 9.99. The summed E-state index contributed by atoms with van der Waals surface area (Å²) in [4.78, 5) is 0. The van der Waals surface area contributed by atoms with E-state index >= 15 is 0 Å². The van der Waals surface area contributed by atoms with E-state index in [2.05, 4.69) is 22.1 Å². The van der Waals surface area contributed by atoms with Gasteiger partial charge in [0.05, 0.1) is 0 Å². The molecule has 5 rings (SSSR count). The van der Waals surface area contributed by atoms with E-state index < -0.39 is 0 Å². The van der Waals surface area contributed by atoms with E-state index in [1.165, 1.54) is 77.0 Å². The fourth-order valence-corrected chi connectivity index (χ4v) is 17.4. The van der Waals surface area contributed by atoms with Crippen LogP contribution in [0.4, 0.5) is 0 Å². The van der Waals surface area contributed by atoms with Gasteiger partial charge in [-0.2, -0.15) is 11.3 Å². The van der Waals surface area contributed by atoms with Crippen LogP contribution in [0, 0.1) is 0 Å². The van der Waals surface area contributed by atoms with Gasteiger partial charge in [0, 0.05) is 0 Å². The van der Waals surface area contributed by atoms with E-state index in [1.807, 2.05) is 10.6 Å². The van der Waals surface area contributed by atoms with Crippen molar-refractivity contribution in [2.24, 2.45) is 0 Å². The van der Waals surface area contributed by atoms with Crippen LogP contribution in [0.5, 0.6) is 0 Å². The van der Waals surface area contributed by atoms with Gasteiger partial charge in [-0.05, 0) is 95.4 Å². The van der Waals surface area contributed by atoms with Crippen LogP contribution in [0.3, 0.4) is 0 Å². The molecular formula is C28H46P2S. The summed E-state index contributed by atoms with van der Waals surface area (Å²) in [5.74, 6) is 0. The van der Waals surface area contributed by atoms with Crippen molar-refractivity contribution in [1.29, 1.82) is 0 Å². The average Bonchev–Trinajstić information content (AvgIpc) is 3.31. The first kappa shape index (κ1) is 23.3. The van der Waals surface area contributed by atoms with E-state index in [0.29, 0.717) is 0 Å². The number of thiophene rings is 1. The molecule has 0 N–H and O–H groups in total. The molecule has 4 fully saturated rings. The third-order valence-corrected chi connectivity index (χ3v) is 17.4. The molecule has 4 saturated carbocycles. The predicted molar refractivity (Wildman–Crippen MR) is 145 cm³/mol. The normalized spacial score (nSPS) is 26.1. The summed E-state index contributed by atoms with van der Waals surface area (Å²) in [7, 11) is 0.152. The molecule has 0 aromatic carbocycles. The lowest BCUT2D eigenvalue weighted by Gasteiger charge is -2.42. The van der Waals surface area contributed by atoms with Crippen LogP contribution in [-0.2, 0) is 0 Å². The standard InChI is InChI=1S/C28H46P2S/c1-5-13-23(14-6-1)29(24-15-7-2-8-16-24)27-21-31-22-28(27)30(25-17-9-3-10-18-25)26-19-11-4-12-20-26/h21-26H,1-20H2. The highest BCUT2D eigenvalue weighted by atomic mass is 32.1. The summed E-state index contributed by atoms with van der Waals surface area (Å²) < 4.78 is 0. The number of rotatable bonds is 6. The zero-order chi connectivity index (χ0) is 20.9. The maximum absolute atomic E-state index is 2.73. The molecule has 1 aromatic heterocycles. The Balaban J connectivity index is 1.48. The van der Waals surface area contributed by atoms with Gasteiger partial charge in [0.2, 0.25) is 0 Å². The largest absolute Gasteiger partial charge is 0.151 e. The molecular weight excluding hydrogens is 430 g/mol. The van der Waals surface area contributed by atoms with Crippen molar-refractivity contribution in [2.75, 3.05) is 0 Å². The molecule has 3 heteroatoms. The highest BCUT2D eigenvalue weighted by molar-refractivity contribution is 7.74. The second-order valence-corrected chi connectivity index (χ2v) is 17.4. The zero-order valence-corrected chi connectivity index (χ0v) is 22.5. The molecule has 0 aliphatic heterocycles. The van der Waals surface area contributed by atoms with Gasteiger partial charge in [-0.3, -0.25) is 0 Å². The quantitative estimate of drug-likeness (QED) is 0.359. The minimum absolute atomic E-state index is 0.0762. The van der Waals surface area contributed by atoms with E-state index in [-0.39, 0.29) is 15.8 Å². The molecule has 0 unspecified atom stereocenters. The molecule has 0 saturated heterocycles. The Morgan fingerprint density at radius 1 is 0.419 bits per heavy atom. The van der Waals surface area contributed by atoms with Crippen molar-refractivity contribution in [2.45, 2.75) is 151 Å². The first-order valence-electron chi connectivity index (χ1n) is 14.0. The third-order valence-electron chi connectivity index (χ3n) is 9.05. The smallest absolute Gasteiger partial charge is 0.000946 e. The van der Waals surface area contributed by atoms with Crippen molar-refractivity contribution in [3.8, 4) is 0 Å². The summed E-state index contributed by atoms with van der Waals surface area (Å²) in [6.45, 7) is 0. The maximum atomic E-state index is 2.73. The van der Waals surface area contributed by atoms with E-state index in [4.69, 9.17) is 0 Å². The summed E-state index contributed by atoms with van der Waals surface area (Å²) in [6, 6.07) is 0. The Bertz CT molecular complexity index is 555. The molecule has 4 aliphatic carbocycles. The molecule has 174 valence electrons. The van der Waals surface area contributed by atoms with Gasteiger partial charge in [-0.25, -0.2) is 0 Å². The van der Waals surface area contributed by atoms with Gasteiger partial charge in [-0.1, -0.05) is 92.9 Å². The third kappa shape index (κ3) is 5.63. The lowest BCUT2D eigenvalue weighted by Crippen LogP contribution is -2.35. The molecule has 4 aliphatic rings. The Kier molecular flexibility index (Phi) is 8.88. The summed E-state index contributed by atoms with van der Waals surface area (Å²) in [5.41, 5.74) is 4.26. The Morgan fingerprint density at radius 3 is 0.935 bits per heavy atom. The zero-order valence-electron chi connectivity index (χ0n) is 19.9. The van der Waals surface area contributed by atoms with Crippen LogP contribution >= 0.6 is 27.2 Å². The number of hydrogen-bond donors (Lipinski definition) is 0. The Labute approximate surface area is 199 Å². The van der Waals surface area contributed by atoms with Gasteiger partial charge in [0.1, 0.15) is 0 Å². The van der Waals surface area contributed by atoms with Gasteiger partial charge >= 0.3 is 0 Å². The molecule has 0 nitrogen and oxygen atoms in total. The molecule has 0 atom stereocenters. The number of hydrogen-bond acceptors (Lipinski definition) is 1. The molecule has 0 radical (unpaired) electrons. The van der Waals surface area contributed by atoms with Crippen LogP contribution in [0.2, 0.25) is 0 Å². The maximum Gasteiger partial charge on any atom is -0.000946 e. The minimum Gasteiger partial charge on any atom is -0.151 e. The highest BCUT2D eigenvalue weighted by Gasteiger charge is 2.39. The first-order chi connectivity index (χ1) is 15.4. The molecule has 0 bridgehead atoms.